The van der Waals surface area contributed by atoms with E-state index in [1.54, 1.807) is 36.3 Å². The number of aliphatic hydroxyl groups is 1. The molecule has 154 valence electrons. The van der Waals surface area contributed by atoms with Crippen molar-refractivity contribution in [1.29, 1.82) is 0 Å². The van der Waals surface area contributed by atoms with E-state index >= 15 is 0 Å². The highest BCUT2D eigenvalue weighted by atomic mass is 16.5. The van der Waals surface area contributed by atoms with Crippen LogP contribution < -0.4 is 0 Å². The maximum atomic E-state index is 13.0. The Kier molecular flexibility index (Phi) is 5.42. The van der Waals surface area contributed by atoms with Crippen molar-refractivity contribution >= 4 is 28.4 Å². The summed E-state index contributed by atoms with van der Waals surface area (Å²) in [4.78, 5) is 27.6. The molecule has 1 atom stereocenters. The average molecular weight is 404 g/mol. The van der Waals surface area contributed by atoms with E-state index in [0.717, 1.165) is 16.5 Å². The zero-order valence-electron chi connectivity index (χ0n) is 17.0. The summed E-state index contributed by atoms with van der Waals surface area (Å²) in [5.74, 6) is -1.41. The molecule has 2 heterocycles. The van der Waals surface area contributed by atoms with E-state index in [0.29, 0.717) is 25.1 Å². The molecule has 2 aromatic carbocycles. The number of hydrogen-bond donors (Lipinski definition) is 1. The van der Waals surface area contributed by atoms with Crippen molar-refractivity contribution in [2.75, 3.05) is 20.3 Å². The molecule has 1 saturated heterocycles. The highest BCUT2D eigenvalue weighted by Crippen LogP contribution is 2.42. The number of para-hydroxylation sites is 1. The number of likely N-dealkylation sites (tertiary alicyclic amines) is 1. The molecule has 3 aromatic rings. The second kappa shape index (κ2) is 8.16. The number of benzene rings is 2. The summed E-state index contributed by atoms with van der Waals surface area (Å²) in [6.45, 7) is 0.835. The summed E-state index contributed by atoms with van der Waals surface area (Å²) in [5, 5.41) is 12.0. The lowest BCUT2D eigenvalue weighted by molar-refractivity contribution is -0.140. The first kappa shape index (κ1) is 19.9. The molecule has 0 bridgehead atoms. The number of Topliss-reactive ketones (excluding diaryl/α,β-unsaturated/α-hetero) is 1. The van der Waals surface area contributed by atoms with E-state index in [2.05, 4.69) is 0 Å². The Labute approximate surface area is 175 Å². The number of aliphatic hydroxyl groups excluding tert-OH is 1. The Morgan fingerprint density at radius 3 is 2.50 bits per heavy atom. The number of ketones is 1. The fourth-order valence-corrected chi connectivity index (χ4v) is 4.16. The number of aryl methyl sites for hydroxylation is 1. The number of rotatable bonds is 6. The van der Waals surface area contributed by atoms with Gasteiger partial charge in [-0.25, -0.2) is 0 Å². The van der Waals surface area contributed by atoms with Crippen LogP contribution in [0, 0.1) is 0 Å². The van der Waals surface area contributed by atoms with Gasteiger partial charge in [0, 0.05) is 55.5 Å². The SMILES string of the molecule is COCCCN1C(=O)C(=O)/C(=C(/O)c2ccccc2)C1c1cn(C)c2ccccc12. The van der Waals surface area contributed by atoms with Crippen molar-refractivity contribution in [3.63, 3.8) is 0 Å². The third kappa shape index (κ3) is 3.29. The summed E-state index contributed by atoms with van der Waals surface area (Å²) < 4.78 is 7.11. The maximum Gasteiger partial charge on any atom is 0.295 e. The first-order valence-electron chi connectivity index (χ1n) is 9.91. The van der Waals surface area contributed by atoms with Crippen molar-refractivity contribution in [2.45, 2.75) is 12.5 Å². The number of ether oxygens (including phenoxy) is 1. The molecule has 1 aromatic heterocycles. The van der Waals surface area contributed by atoms with Crippen LogP contribution in [0.15, 0.2) is 66.4 Å². The molecule has 1 N–H and O–H groups in total. The maximum absolute atomic E-state index is 13.0. The van der Waals surface area contributed by atoms with Crippen LogP contribution in [0.25, 0.3) is 16.7 Å². The Morgan fingerprint density at radius 1 is 1.07 bits per heavy atom. The van der Waals surface area contributed by atoms with Crippen molar-refractivity contribution in [3.05, 3.63) is 77.5 Å². The Hall–Kier alpha value is -3.38. The van der Waals surface area contributed by atoms with Crippen LogP contribution in [-0.4, -0.2) is 46.5 Å². The molecule has 6 heteroatoms. The molecular weight excluding hydrogens is 380 g/mol. The van der Waals surface area contributed by atoms with Gasteiger partial charge in [-0.3, -0.25) is 9.59 Å². The van der Waals surface area contributed by atoms with Gasteiger partial charge in [-0.15, -0.1) is 0 Å². The zero-order valence-corrected chi connectivity index (χ0v) is 17.0. The molecule has 30 heavy (non-hydrogen) atoms. The summed E-state index contributed by atoms with van der Waals surface area (Å²) in [5.41, 5.74) is 2.45. The Balaban J connectivity index is 1.92. The largest absolute Gasteiger partial charge is 0.507 e. The Bertz CT molecular complexity index is 1130. The lowest BCUT2D eigenvalue weighted by Gasteiger charge is -2.24. The second-order valence-corrected chi connectivity index (χ2v) is 7.42. The van der Waals surface area contributed by atoms with Gasteiger partial charge in [-0.2, -0.15) is 0 Å². The average Bonchev–Trinajstić information content (AvgIpc) is 3.23. The van der Waals surface area contributed by atoms with Crippen molar-refractivity contribution in [1.82, 2.24) is 9.47 Å². The number of nitrogens with zero attached hydrogens (tertiary/aromatic N) is 2. The number of carbonyl (C=O) groups excluding carboxylic acids is 2. The number of amides is 1. The van der Waals surface area contributed by atoms with Gasteiger partial charge in [0.15, 0.2) is 0 Å². The quantitative estimate of drug-likeness (QED) is 0.295. The monoisotopic (exact) mass is 404 g/mol. The Morgan fingerprint density at radius 2 is 1.77 bits per heavy atom. The van der Waals surface area contributed by atoms with E-state index in [1.807, 2.05) is 48.1 Å². The lowest BCUT2D eigenvalue weighted by Crippen LogP contribution is -2.31. The number of methoxy groups -OCH3 is 1. The summed E-state index contributed by atoms with van der Waals surface area (Å²) in [6, 6.07) is 16.1. The molecule has 0 radical (unpaired) electrons. The van der Waals surface area contributed by atoms with Crippen molar-refractivity contribution in [2.24, 2.45) is 7.05 Å². The minimum absolute atomic E-state index is 0.125. The number of fused-ring (bicyclic) bond motifs is 1. The third-order valence-electron chi connectivity index (χ3n) is 5.56. The second-order valence-electron chi connectivity index (χ2n) is 7.42. The van der Waals surface area contributed by atoms with Crippen LogP contribution in [0.2, 0.25) is 0 Å². The zero-order chi connectivity index (χ0) is 21.3. The smallest absolute Gasteiger partial charge is 0.295 e. The molecule has 6 nitrogen and oxygen atoms in total. The molecule has 1 fully saturated rings. The normalized spacial score (nSPS) is 18.5. The van der Waals surface area contributed by atoms with Crippen molar-refractivity contribution in [3.8, 4) is 0 Å². The third-order valence-corrected chi connectivity index (χ3v) is 5.56. The fourth-order valence-electron chi connectivity index (χ4n) is 4.16. The number of carbonyl (C=O) groups is 2. The van der Waals surface area contributed by atoms with Gasteiger partial charge >= 0.3 is 0 Å². The fraction of sp³-hybridized carbons (Fsp3) is 0.250. The highest BCUT2D eigenvalue weighted by molar-refractivity contribution is 6.46. The van der Waals surface area contributed by atoms with Gasteiger partial charge < -0.3 is 19.3 Å². The lowest BCUT2D eigenvalue weighted by atomic mass is 9.95. The van der Waals surface area contributed by atoms with Crippen molar-refractivity contribution < 1.29 is 19.4 Å². The van der Waals surface area contributed by atoms with Gasteiger partial charge in [0.25, 0.3) is 11.7 Å². The van der Waals surface area contributed by atoms with Crippen LogP contribution in [0.4, 0.5) is 0 Å². The van der Waals surface area contributed by atoms with Gasteiger partial charge in [0.05, 0.1) is 11.6 Å². The van der Waals surface area contributed by atoms with Crippen LogP contribution in [0.3, 0.4) is 0 Å². The molecule has 1 aliphatic heterocycles. The first-order valence-corrected chi connectivity index (χ1v) is 9.91. The van der Waals surface area contributed by atoms with Crippen LogP contribution >= 0.6 is 0 Å². The highest BCUT2D eigenvalue weighted by Gasteiger charge is 2.46. The molecular formula is C24H24N2O4. The summed E-state index contributed by atoms with van der Waals surface area (Å²) >= 11 is 0. The van der Waals surface area contributed by atoms with Gasteiger partial charge in [-0.05, 0) is 12.5 Å². The van der Waals surface area contributed by atoms with Crippen LogP contribution in [-0.2, 0) is 21.4 Å². The summed E-state index contributed by atoms with van der Waals surface area (Å²) in [6.07, 6.45) is 2.53. The molecule has 1 aliphatic rings. The first-order chi connectivity index (χ1) is 14.5. The van der Waals surface area contributed by atoms with E-state index in [-0.39, 0.29) is 11.3 Å². The van der Waals surface area contributed by atoms with E-state index < -0.39 is 17.7 Å². The van der Waals surface area contributed by atoms with E-state index in [4.69, 9.17) is 4.74 Å². The van der Waals surface area contributed by atoms with Gasteiger partial charge in [-0.1, -0.05) is 48.5 Å². The molecule has 4 rings (SSSR count). The van der Waals surface area contributed by atoms with Crippen LogP contribution in [0.5, 0.6) is 0 Å². The van der Waals surface area contributed by atoms with Gasteiger partial charge in [0.1, 0.15) is 5.76 Å². The van der Waals surface area contributed by atoms with E-state index in [9.17, 15) is 14.7 Å². The molecule has 0 saturated carbocycles. The molecule has 0 spiro atoms. The number of hydrogen-bond acceptors (Lipinski definition) is 4. The standard InChI is InChI=1S/C24H24N2O4/c1-25-15-18(17-11-6-7-12-19(17)25)21-20(22(27)16-9-4-3-5-10-16)23(28)24(29)26(21)13-8-14-30-2/h3-7,9-12,15,21,27H,8,13-14H2,1-2H3/b22-20+. The molecule has 1 unspecified atom stereocenters. The predicted octanol–water partition coefficient (Wildman–Crippen LogP) is 3.64. The number of aromatic nitrogens is 1. The predicted molar refractivity (Wildman–Crippen MR) is 115 cm³/mol. The molecule has 0 aliphatic carbocycles. The molecule has 1 amide bonds. The summed E-state index contributed by atoms with van der Waals surface area (Å²) in [7, 11) is 3.53. The van der Waals surface area contributed by atoms with E-state index in [1.165, 1.54) is 0 Å². The van der Waals surface area contributed by atoms with Gasteiger partial charge in [0.2, 0.25) is 0 Å². The van der Waals surface area contributed by atoms with Crippen LogP contribution in [0.1, 0.15) is 23.6 Å². The minimum Gasteiger partial charge on any atom is -0.507 e. The minimum atomic E-state index is -0.660. The topological polar surface area (TPSA) is 71.8 Å².